The first-order valence-corrected chi connectivity index (χ1v) is 7.84. The van der Waals surface area contributed by atoms with E-state index in [9.17, 15) is 13.2 Å². The molecule has 0 heterocycles. The zero-order chi connectivity index (χ0) is 13.5. The van der Waals surface area contributed by atoms with Gasteiger partial charge in [0, 0.05) is 13.1 Å². The van der Waals surface area contributed by atoms with Gasteiger partial charge in [-0.2, -0.15) is 4.31 Å². The van der Waals surface area contributed by atoms with E-state index in [0.29, 0.717) is 19.0 Å². The summed E-state index contributed by atoms with van der Waals surface area (Å²) >= 11 is 0. The number of amides is 1. The second-order valence-corrected chi connectivity index (χ2v) is 6.63. The molecule has 0 atom stereocenters. The van der Waals surface area contributed by atoms with E-state index < -0.39 is 10.0 Å². The van der Waals surface area contributed by atoms with Crippen molar-refractivity contribution in [1.82, 2.24) is 9.62 Å². The Hall–Kier alpha value is -0.620. The Morgan fingerprint density at radius 3 is 2.35 bits per heavy atom. The van der Waals surface area contributed by atoms with Gasteiger partial charge in [0.15, 0.2) is 0 Å². The summed E-state index contributed by atoms with van der Waals surface area (Å²) in [5, 5.41) is 2.72. The second-order valence-electron chi connectivity index (χ2n) is 4.65. The number of sulfonamides is 1. The van der Waals surface area contributed by atoms with Crippen molar-refractivity contribution in [1.29, 1.82) is 0 Å². The minimum atomic E-state index is -3.30. The Labute approximate surface area is 105 Å². The summed E-state index contributed by atoms with van der Waals surface area (Å²) in [7, 11) is -3.30. The van der Waals surface area contributed by atoms with Crippen molar-refractivity contribution >= 4 is 15.9 Å². The molecule has 0 aromatic rings. The van der Waals surface area contributed by atoms with E-state index >= 15 is 0 Å². The third-order valence-corrected chi connectivity index (χ3v) is 3.51. The van der Waals surface area contributed by atoms with E-state index in [1.165, 1.54) is 4.31 Å². The van der Waals surface area contributed by atoms with Crippen LogP contribution in [0.4, 0.5) is 0 Å². The van der Waals surface area contributed by atoms with Crippen LogP contribution in [0.1, 0.15) is 33.6 Å². The number of hydrogen-bond acceptors (Lipinski definition) is 3. The number of nitrogens with zero attached hydrogens (tertiary/aromatic N) is 1. The number of rotatable bonds is 8. The molecule has 0 radical (unpaired) electrons. The molecule has 0 aliphatic rings. The summed E-state index contributed by atoms with van der Waals surface area (Å²) < 4.78 is 24.1. The zero-order valence-corrected chi connectivity index (χ0v) is 12.0. The highest BCUT2D eigenvalue weighted by atomic mass is 32.2. The van der Waals surface area contributed by atoms with Gasteiger partial charge < -0.3 is 5.32 Å². The molecule has 0 aromatic heterocycles. The summed E-state index contributed by atoms with van der Waals surface area (Å²) in [6.45, 7) is 6.87. The average Bonchev–Trinajstić information content (AvgIpc) is 2.19. The first-order valence-electron chi connectivity index (χ1n) is 5.99. The lowest BCUT2D eigenvalue weighted by Crippen LogP contribution is -2.41. The van der Waals surface area contributed by atoms with Gasteiger partial charge >= 0.3 is 0 Å². The van der Waals surface area contributed by atoms with Gasteiger partial charge in [0.1, 0.15) is 0 Å². The molecular weight excluding hydrogens is 240 g/mol. The van der Waals surface area contributed by atoms with Gasteiger partial charge in [-0.05, 0) is 12.3 Å². The summed E-state index contributed by atoms with van der Waals surface area (Å²) in [6, 6.07) is 0. The Morgan fingerprint density at radius 2 is 1.94 bits per heavy atom. The highest BCUT2D eigenvalue weighted by molar-refractivity contribution is 7.88. The maximum Gasteiger partial charge on any atom is 0.235 e. The SMILES string of the molecule is CCCCN(CC(=O)NCC(C)C)S(C)(=O)=O. The van der Waals surface area contributed by atoms with Crippen LogP contribution >= 0.6 is 0 Å². The number of nitrogens with one attached hydrogen (secondary N) is 1. The number of carbonyl (C=O) groups is 1. The molecule has 0 saturated carbocycles. The van der Waals surface area contributed by atoms with Crippen LogP contribution in [0, 0.1) is 5.92 Å². The van der Waals surface area contributed by atoms with Gasteiger partial charge in [0.2, 0.25) is 15.9 Å². The van der Waals surface area contributed by atoms with Crippen LogP contribution in [0.25, 0.3) is 0 Å². The van der Waals surface area contributed by atoms with Gasteiger partial charge in [-0.3, -0.25) is 4.79 Å². The number of unbranched alkanes of at least 4 members (excludes halogenated alkanes) is 1. The Bertz CT molecular complexity index is 326. The normalized spacial score (nSPS) is 12.1. The van der Waals surface area contributed by atoms with E-state index in [0.717, 1.165) is 19.1 Å². The standard InChI is InChI=1S/C11H24N2O3S/c1-5-6-7-13(17(4,15)16)9-11(14)12-8-10(2)3/h10H,5-9H2,1-4H3,(H,12,14). The van der Waals surface area contributed by atoms with E-state index in [4.69, 9.17) is 0 Å². The lowest BCUT2D eigenvalue weighted by molar-refractivity contribution is -0.121. The lowest BCUT2D eigenvalue weighted by Gasteiger charge is -2.19. The van der Waals surface area contributed by atoms with E-state index in [1.807, 2.05) is 20.8 Å². The van der Waals surface area contributed by atoms with Gasteiger partial charge in [-0.15, -0.1) is 0 Å². The fourth-order valence-corrected chi connectivity index (χ4v) is 2.04. The molecule has 0 fully saturated rings. The minimum Gasteiger partial charge on any atom is -0.355 e. The van der Waals surface area contributed by atoms with Crippen LogP contribution in [-0.4, -0.2) is 44.5 Å². The van der Waals surface area contributed by atoms with Crippen molar-refractivity contribution in [3.05, 3.63) is 0 Å². The monoisotopic (exact) mass is 264 g/mol. The molecule has 1 N–H and O–H groups in total. The average molecular weight is 264 g/mol. The fourth-order valence-electron chi connectivity index (χ4n) is 1.23. The second kappa shape index (κ2) is 7.66. The maximum absolute atomic E-state index is 11.6. The molecule has 102 valence electrons. The first kappa shape index (κ1) is 16.4. The topological polar surface area (TPSA) is 66.5 Å². The molecule has 0 spiro atoms. The molecule has 0 unspecified atom stereocenters. The molecule has 17 heavy (non-hydrogen) atoms. The van der Waals surface area contributed by atoms with Crippen LogP contribution in [0.3, 0.4) is 0 Å². The van der Waals surface area contributed by atoms with Gasteiger partial charge in [0.05, 0.1) is 12.8 Å². The van der Waals surface area contributed by atoms with Crippen molar-refractivity contribution in [2.24, 2.45) is 5.92 Å². The molecule has 1 amide bonds. The minimum absolute atomic E-state index is 0.0778. The van der Waals surface area contributed by atoms with Crippen LogP contribution in [0.5, 0.6) is 0 Å². The Balaban J connectivity index is 4.29. The molecular formula is C11H24N2O3S. The summed E-state index contributed by atoms with van der Waals surface area (Å²) in [4.78, 5) is 11.6. The lowest BCUT2D eigenvalue weighted by atomic mass is 10.2. The molecule has 5 nitrogen and oxygen atoms in total. The molecule has 0 aliphatic carbocycles. The maximum atomic E-state index is 11.6. The summed E-state index contributed by atoms with van der Waals surface area (Å²) in [5.74, 6) is 0.126. The van der Waals surface area contributed by atoms with Crippen LogP contribution in [-0.2, 0) is 14.8 Å². The molecule has 0 rings (SSSR count). The van der Waals surface area contributed by atoms with Gasteiger partial charge in [-0.1, -0.05) is 27.2 Å². The van der Waals surface area contributed by atoms with Crippen molar-refractivity contribution in [2.45, 2.75) is 33.6 Å². The quantitative estimate of drug-likeness (QED) is 0.706. The van der Waals surface area contributed by atoms with Crippen molar-refractivity contribution in [3.8, 4) is 0 Å². The summed E-state index contributed by atoms with van der Waals surface area (Å²) in [5.41, 5.74) is 0. The Kier molecular flexibility index (Phi) is 7.38. The van der Waals surface area contributed by atoms with E-state index in [1.54, 1.807) is 0 Å². The third-order valence-electron chi connectivity index (χ3n) is 2.26. The van der Waals surface area contributed by atoms with Crippen molar-refractivity contribution < 1.29 is 13.2 Å². The first-order chi connectivity index (χ1) is 7.77. The van der Waals surface area contributed by atoms with Gasteiger partial charge in [-0.25, -0.2) is 8.42 Å². The molecule has 0 bridgehead atoms. The summed E-state index contributed by atoms with van der Waals surface area (Å²) in [6.07, 6.45) is 2.81. The smallest absolute Gasteiger partial charge is 0.235 e. The van der Waals surface area contributed by atoms with Crippen LogP contribution in [0.2, 0.25) is 0 Å². The fraction of sp³-hybridized carbons (Fsp3) is 0.909. The zero-order valence-electron chi connectivity index (χ0n) is 11.2. The highest BCUT2D eigenvalue weighted by Gasteiger charge is 2.19. The predicted molar refractivity (Wildman–Crippen MR) is 69.2 cm³/mol. The number of hydrogen-bond donors (Lipinski definition) is 1. The molecule has 0 aliphatic heterocycles. The van der Waals surface area contributed by atoms with Crippen LogP contribution in [0.15, 0.2) is 0 Å². The van der Waals surface area contributed by atoms with Crippen LogP contribution < -0.4 is 5.32 Å². The number of carbonyl (C=O) groups excluding carboxylic acids is 1. The largest absolute Gasteiger partial charge is 0.355 e. The van der Waals surface area contributed by atoms with Crippen molar-refractivity contribution in [3.63, 3.8) is 0 Å². The molecule has 0 saturated heterocycles. The van der Waals surface area contributed by atoms with Gasteiger partial charge in [0.25, 0.3) is 0 Å². The van der Waals surface area contributed by atoms with E-state index in [-0.39, 0.29) is 12.5 Å². The predicted octanol–water partition coefficient (Wildman–Crippen LogP) is 0.820. The molecule has 0 aromatic carbocycles. The van der Waals surface area contributed by atoms with E-state index in [2.05, 4.69) is 5.32 Å². The Morgan fingerprint density at radius 1 is 1.35 bits per heavy atom. The third kappa shape index (κ3) is 8.15. The van der Waals surface area contributed by atoms with Crippen molar-refractivity contribution in [2.75, 3.05) is 25.9 Å². The highest BCUT2D eigenvalue weighted by Crippen LogP contribution is 2.01. The molecule has 6 heteroatoms.